The summed E-state index contributed by atoms with van der Waals surface area (Å²) in [5.41, 5.74) is 0.929. The number of carbonyl (C=O) groups is 2. The first-order valence-electron chi connectivity index (χ1n) is 8.50. The van der Waals surface area contributed by atoms with Gasteiger partial charge in [0.2, 0.25) is 0 Å². The number of ether oxygens (including phenoxy) is 1. The fourth-order valence-electron chi connectivity index (χ4n) is 2.74. The van der Waals surface area contributed by atoms with Gasteiger partial charge in [0.05, 0.1) is 6.42 Å². The number of hydrogen-bond acceptors (Lipinski definition) is 4. The Morgan fingerprint density at radius 2 is 1.96 bits per heavy atom. The zero-order valence-corrected chi connectivity index (χ0v) is 13.7. The van der Waals surface area contributed by atoms with Gasteiger partial charge in [0.15, 0.2) is 5.78 Å². The van der Waals surface area contributed by atoms with Crippen molar-refractivity contribution in [1.82, 2.24) is 0 Å². The number of benzene rings is 1. The van der Waals surface area contributed by atoms with Crippen LogP contribution in [0.5, 0.6) is 0 Å². The van der Waals surface area contributed by atoms with Crippen LogP contribution in [-0.4, -0.2) is 23.0 Å². The van der Waals surface area contributed by atoms with E-state index in [4.69, 9.17) is 4.74 Å². The molecule has 4 nitrogen and oxygen atoms in total. The summed E-state index contributed by atoms with van der Waals surface area (Å²) in [7, 11) is 0. The highest BCUT2D eigenvalue weighted by molar-refractivity contribution is 5.84. The largest absolute Gasteiger partial charge is 0.461 e. The number of hydrogen-bond donors (Lipinski definition) is 1. The van der Waals surface area contributed by atoms with E-state index in [1.165, 1.54) is 0 Å². The van der Waals surface area contributed by atoms with Crippen molar-refractivity contribution in [2.45, 2.75) is 58.2 Å². The fourth-order valence-corrected chi connectivity index (χ4v) is 2.74. The van der Waals surface area contributed by atoms with Gasteiger partial charge in [-0.3, -0.25) is 9.59 Å². The average molecular weight is 318 g/mol. The standard InChI is InChI=1S/C19H26O4/c1-2-6-16(19(22)17(20)11-14-9-10-14)12-18(21)23-13-15-7-4-3-5-8-15/h3-5,7-8,14,16,19,22H,2,6,9-13H2,1H3/t16-,19?/m1/s1. The summed E-state index contributed by atoms with van der Waals surface area (Å²) in [4.78, 5) is 24.1. The molecule has 1 fully saturated rings. The molecule has 2 atom stereocenters. The van der Waals surface area contributed by atoms with Crippen LogP contribution in [0.25, 0.3) is 0 Å². The van der Waals surface area contributed by atoms with Crippen molar-refractivity contribution in [1.29, 1.82) is 0 Å². The van der Waals surface area contributed by atoms with E-state index in [1.807, 2.05) is 37.3 Å². The molecule has 126 valence electrons. The second kappa shape index (κ2) is 8.82. The molecule has 0 heterocycles. The van der Waals surface area contributed by atoms with Crippen molar-refractivity contribution < 1.29 is 19.4 Å². The average Bonchev–Trinajstić information content (AvgIpc) is 3.36. The van der Waals surface area contributed by atoms with Crippen LogP contribution in [0, 0.1) is 11.8 Å². The summed E-state index contributed by atoms with van der Waals surface area (Å²) in [5, 5.41) is 10.3. The maximum atomic E-state index is 12.1. The lowest BCUT2D eigenvalue weighted by Gasteiger charge is -2.21. The second-order valence-electron chi connectivity index (χ2n) is 6.46. The third-order valence-electron chi connectivity index (χ3n) is 4.29. The van der Waals surface area contributed by atoms with Gasteiger partial charge in [-0.1, -0.05) is 43.7 Å². The molecule has 0 bridgehead atoms. The van der Waals surface area contributed by atoms with Crippen LogP contribution in [-0.2, 0) is 20.9 Å². The number of ketones is 1. The van der Waals surface area contributed by atoms with Gasteiger partial charge < -0.3 is 9.84 Å². The lowest BCUT2D eigenvalue weighted by molar-refractivity contribution is -0.148. The van der Waals surface area contributed by atoms with E-state index in [0.29, 0.717) is 18.8 Å². The molecule has 1 saturated carbocycles. The topological polar surface area (TPSA) is 63.6 Å². The quantitative estimate of drug-likeness (QED) is 0.673. The Morgan fingerprint density at radius 3 is 2.57 bits per heavy atom. The molecule has 0 saturated heterocycles. The summed E-state index contributed by atoms with van der Waals surface area (Å²) < 4.78 is 5.27. The summed E-state index contributed by atoms with van der Waals surface area (Å²) >= 11 is 0. The van der Waals surface area contributed by atoms with Crippen molar-refractivity contribution in [3.05, 3.63) is 35.9 Å². The summed E-state index contributed by atoms with van der Waals surface area (Å²) in [6.07, 6.45) is 3.13. The van der Waals surface area contributed by atoms with Crippen LogP contribution in [0.4, 0.5) is 0 Å². The molecule has 0 aromatic heterocycles. The Hall–Kier alpha value is -1.68. The highest BCUT2D eigenvalue weighted by atomic mass is 16.5. The molecule has 0 aliphatic heterocycles. The van der Waals surface area contributed by atoms with Crippen LogP contribution in [0.3, 0.4) is 0 Å². The van der Waals surface area contributed by atoms with Crippen molar-refractivity contribution in [2.24, 2.45) is 11.8 Å². The molecule has 1 aromatic rings. The Balaban J connectivity index is 1.81. The minimum atomic E-state index is -1.04. The maximum Gasteiger partial charge on any atom is 0.306 e. The molecule has 4 heteroatoms. The van der Waals surface area contributed by atoms with E-state index < -0.39 is 6.10 Å². The molecule has 0 spiro atoms. The Labute approximate surface area is 137 Å². The van der Waals surface area contributed by atoms with Gasteiger partial charge in [-0.15, -0.1) is 0 Å². The maximum absolute atomic E-state index is 12.1. The first kappa shape index (κ1) is 17.7. The lowest BCUT2D eigenvalue weighted by atomic mass is 9.89. The molecule has 23 heavy (non-hydrogen) atoms. The van der Waals surface area contributed by atoms with E-state index in [1.54, 1.807) is 0 Å². The van der Waals surface area contributed by atoms with Gasteiger partial charge in [0.1, 0.15) is 12.7 Å². The molecular weight excluding hydrogens is 292 g/mol. The number of aliphatic hydroxyl groups excluding tert-OH is 1. The predicted octanol–water partition coefficient (Wildman–Crippen LogP) is 3.27. The fraction of sp³-hybridized carbons (Fsp3) is 0.579. The number of esters is 1. The van der Waals surface area contributed by atoms with Crippen molar-refractivity contribution in [2.75, 3.05) is 0 Å². The second-order valence-corrected chi connectivity index (χ2v) is 6.46. The zero-order valence-electron chi connectivity index (χ0n) is 13.7. The molecule has 0 radical (unpaired) electrons. The molecule has 0 amide bonds. The highest BCUT2D eigenvalue weighted by Crippen LogP contribution is 2.33. The summed E-state index contributed by atoms with van der Waals surface area (Å²) in [6.45, 7) is 2.21. The third-order valence-corrected chi connectivity index (χ3v) is 4.29. The van der Waals surface area contributed by atoms with Gasteiger partial charge in [-0.25, -0.2) is 0 Å². The van der Waals surface area contributed by atoms with Gasteiger partial charge in [0.25, 0.3) is 0 Å². The van der Waals surface area contributed by atoms with Crippen LogP contribution < -0.4 is 0 Å². The Kier molecular flexibility index (Phi) is 6.78. The minimum Gasteiger partial charge on any atom is -0.461 e. The number of Topliss-reactive ketones (excluding diaryl/α,β-unsaturated/α-hetero) is 1. The summed E-state index contributed by atoms with van der Waals surface area (Å²) in [6, 6.07) is 9.48. The van der Waals surface area contributed by atoms with E-state index >= 15 is 0 Å². The summed E-state index contributed by atoms with van der Waals surface area (Å²) in [5.74, 6) is -0.369. The molecule has 1 unspecified atom stereocenters. The van der Waals surface area contributed by atoms with E-state index in [2.05, 4.69) is 0 Å². The third kappa shape index (κ3) is 6.14. The molecular formula is C19H26O4. The van der Waals surface area contributed by atoms with Gasteiger partial charge >= 0.3 is 5.97 Å². The van der Waals surface area contributed by atoms with Gasteiger partial charge in [-0.2, -0.15) is 0 Å². The zero-order chi connectivity index (χ0) is 16.7. The van der Waals surface area contributed by atoms with Gasteiger partial charge in [-0.05, 0) is 30.7 Å². The van der Waals surface area contributed by atoms with Crippen LogP contribution >= 0.6 is 0 Å². The molecule has 2 rings (SSSR count). The minimum absolute atomic E-state index is 0.0955. The Bertz CT molecular complexity index is 507. The molecule has 1 aromatic carbocycles. The Morgan fingerprint density at radius 1 is 1.26 bits per heavy atom. The molecule has 1 aliphatic rings. The van der Waals surface area contributed by atoms with Crippen LogP contribution in [0.2, 0.25) is 0 Å². The van der Waals surface area contributed by atoms with E-state index in [0.717, 1.165) is 24.8 Å². The van der Waals surface area contributed by atoms with Crippen molar-refractivity contribution in [3.8, 4) is 0 Å². The smallest absolute Gasteiger partial charge is 0.306 e. The normalized spacial score (nSPS) is 16.6. The SMILES string of the molecule is CCC[C@H](CC(=O)OCc1ccccc1)C(O)C(=O)CC1CC1. The monoisotopic (exact) mass is 318 g/mol. The lowest BCUT2D eigenvalue weighted by Crippen LogP contribution is -2.32. The van der Waals surface area contributed by atoms with E-state index in [-0.39, 0.29) is 30.7 Å². The van der Waals surface area contributed by atoms with Crippen LogP contribution in [0.15, 0.2) is 30.3 Å². The molecule has 1 aliphatic carbocycles. The van der Waals surface area contributed by atoms with Crippen molar-refractivity contribution in [3.63, 3.8) is 0 Å². The number of carbonyl (C=O) groups excluding carboxylic acids is 2. The number of aliphatic hydroxyl groups is 1. The highest BCUT2D eigenvalue weighted by Gasteiger charge is 2.32. The van der Waals surface area contributed by atoms with Crippen molar-refractivity contribution >= 4 is 11.8 Å². The first-order valence-corrected chi connectivity index (χ1v) is 8.50. The first-order chi connectivity index (χ1) is 11.1. The van der Waals surface area contributed by atoms with Crippen LogP contribution in [0.1, 0.15) is 51.0 Å². The number of rotatable bonds is 10. The molecule has 1 N–H and O–H groups in total. The predicted molar refractivity (Wildman–Crippen MR) is 87.6 cm³/mol. The van der Waals surface area contributed by atoms with E-state index in [9.17, 15) is 14.7 Å². The van der Waals surface area contributed by atoms with Gasteiger partial charge in [0, 0.05) is 12.3 Å².